The van der Waals surface area contributed by atoms with Crippen molar-refractivity contribution in [1.82, 2.24) is 20.3 Å². The molecule has 9 heteroatoms. The average Bonchev–Trinajstić information content (AvgIpc) is 3.34. The topological polar surface area (TPSA) is 83.0 Å². The molecule has 0 bridgehead atoms. The summed E-state index contributed by atoms with van der Waals surface area (Å²) in [6.07, 6.45) is 5.81. The number of thiazole rings is 1. The summed E-state index contributed by atoms with van der Waals surface area (Å²) < 4.78 is 0. The van der Waals surface area contributed by atoms with Crippen molar-refractivity contribution in [3.63, 3.8) is 0 Å². The average molecular weight is 547 g/mol. The van der Waals surface area contributed by atoms with Crippen molar-refractivity contribution in [2.24, 2.45) is 0 Å². The van der Waals surface area contributed by atoms with Gasteiger partial charge in [-0.2, -0.15) is 4.98 Å². The fourth-order valence-corrected chi connectivity index (χ4v) is 5.88. The maximum atomic E-state index is 13.1. The highest BCUT2D eigenvalue weighted by Gasteiger charge is 2.24. The molecule has 1 fully saturated rings. The van der Waals surface area contributed by atoms with E-state index in [0.29, 0.717) is 23.4 Å². The molecule has 5 rings (SSSR count). The first-order valence-corrected chi connectivity index (χ1v) is 14.0. The minimum absolute atomic E-state index is 0.0295. The molecule has 1 saturated carbocycles. The van der Waals surface area contributed by atoms with Crippen molar-refractivity contribution >= 4 is 40.6 Å². The molecule has 196 valence electrons. The lowest BCUT2D eigenvalue weighted by molar-refractivity contribution is -0.121. The maximum Gasteiger partial charge on any atom is 0.225 e. The number of nitrogens with one attached hydrogen (secondary N) is 2. The monoisotopic (exact) mass is 546 g/mol. The maximum absolute atomic E-state index is 13.1. The third-order valence-electron chi connectivity index (χ3n) is 6.68. The summed E-state index contributed by atoms with van der Waals surface area (Å²) in [6.45, 7) is 0. The Balaban J connectivity index is 1.22. The highest BCUT2D eigenvalue weighted by Crippen LogP contribution is 2.35. The number of halogens is 1. The number of carbonyl (C=O) groups is 1. The Morgan fingerprint density at radius 1 is 0.947 bits per heavy atom. The van der Waals surface area contributed by atoms with E-state index in [1.165, 1.54) is 0 Å². The van der Waals surface area contributed by atoms with Gasteiger partial charge in [-0.25, -0.2) is 9.97 Å². The number of carbonyl (C=O) groups excluding carboxylic acids is 1. The molecule has 1 amide bonds. The van der Waals surface area contributed by atoms with Gasteiger partial charge in [-0.05, 0) is 43.9 Å². The fraction of sp³-hybridized carbons (Fsp3) is 0.310. The second-order valence-corrected chi connectivity index (χ2v) is 11.3. The van der Waals surface area contributed by atoms with E-state index in [2.05, 4.69) is 20.6 Å². The summed E-state index contributed by atoms with van der Waals surface area (Å²) in [4.78, 5) is 29.9. The van der Waals surface area contributed by atoms with Gasteiger partial charge in [0.15, 0.2) is 0 Å². The van der Waals surface area contributed by atoms with Crippen LogP contribution in [-0.2, 0) is 11.2 Å². The molecule has 7 nitrogen and oxygen atoms in total. The predicted octanol–water partition coefficient (Wildman–Crippen LogP) is 6.07. The zero-order valence-electron chi connectivity index (χ0n) is 21.5. The van der Waals surface area contributed by atoms with Crippen LogP contribution < -0.4 is 15.5 Å². The van der Waals surface area contributed by atoms with Gasteiger partial charge in [0.25, 0.3) is 0 Å². The van der Waals surface area contributed by atoms with Gasteiger partial charge >= 0.3 is 0 Å². The second kappa shape index (κ2) is 11.9. The molecule has 2 heterocycles. The van der Waals surface area contributed by atoms with Gasteiger partial charge in [0.2, 0.25) is 11.9 Å². The van der Waals surface area contributed by atoms with Crippen LogP contribution in [0.25, 0.3) is 21.8 Å². The Morgan fingerprint density at radius 3 is 2.37 bits per heavy atom. The van der Waals surface area contributed by atoms with Crippen LogP contribution in [0.4, 0.5) is 11.8 Å². The van der Waals surface area contributed by atoms with E-state index < -0.39 is 0 Å². The van der Waals surface area contributed by atoms with Crippen molar-refractivity contribution in [2.75, 3.05) is 24.3 Å². The first-order valence-electron chi connectivity index (χ1n) is 12.8. The normalized spacial score (nSPS) is 17.1. The van der Waals surface area contributed by atoms with E-state index in [1.54, 1.807) is 17.5 Å². The molecule has 0 atom stereocenters. The molecule has 2 N–H and O–H groups in total. The molecule has 2 aromatic heterocycles. The molecule has 0 unspecified atom stereocenters. The van der Waals surface area contributed by atoms with Gasteiger partial charge in [0.1, 0.15) is 10.8 Å². The number of nitrogens with zero attached hydrogens (tertiary/aromatic N) is 4. The quantitative estimate of drug-likeness (QED) is 0.279. The van der Waals surface area contributed by atoms with Gasteiger partial charge in [-0.15, -0.1) is 11.3 Å². The summed E-state index contributed by atoms with van der Waals surface area (Å²) >= 11 is 7.69. The lowest BCUT2D eigenvalue weighted by atomic mass is 9.91. The fourth-order valence-electron chi connectivity index (χ4n) is 4.67. The van der Waals surface area contributed by atoms with Crippen molar-refractivity contribution < 1.29 is 4.79 Å². The molecule has 4 aromatic rings. The van der Waals surface area contributed by atoms with Crippen LogP contribution in [0, 0.1) is 0 Å². The Labute approximate surface area is 232 Å². The van der Waals surface area contributed by atoms with E-state index >= 15 is 0 Å². The number of rotatable bonds is 8. The molecule has 0 saturated heterocycles. The highest BCUT2D eigenvalue weighted by atomic mass is 35.5. The van der Waals surface area contributed by atoms with Crippen LogP contribution in [0.15, 0.2) is 66.9 Å². The van der Waals surface area contributed by atoms with Crippen LogP contribution in [-0.4, -0.2) is 47.0 Å². The standard InChI is InChI=1S/C29H31ClN6OS/c1-36(2)25-16-17-31-29(34-25)33-23-14-12-22(13-15-23)32-26(37)18-24-27(19-8-10-21(30)11-9-19)35-28(38-24)20-6-4-3-5-7-20/h3-11,16-17,22-23H,12-15,18H2,1-2H3,(H,32,37)(H,31,33,34)/t22-,23+. The van der Waals surface area contributed by atoms with Crippen molar-refractivity contribution in [3.05, 3.63) is 76.8 Å². The van der Waals surface area contributed by atoms with Crippen molar-refractivity contribution in [2.45, 2.75) is 44.2 Å². The number of aromatic nitrogens is 3. The summed E-state index contributed by atoms with van der Waals surface area (Å²) in [5.74, 6) is 1.56. The number of benzene rings is 2. The SMILES string of the molecule is CN(C)c1ccnc(N[C@H]2CC[C@@H](NC(=O)Cc3sc(-c4ccccc4)nc3-c3ccc(Cl)cc3)CC2)n1. The zero-order chi connectivity index (χ0) is 26.5. The van der Waals surface area contributed by atoms with Gasteiger partial charge in [-0.3, -0.25) is 4.79 Å². The van der Waals surface area contributed by atoms with Crippen LogP contribution >= 0.6 is 22.9 Å². The summed E-state index contributed by atoms with van der Waals surface area (Å²) in [5, 5.41) is 8.31. The smallest absolute Gasteiger partial charge is 0.225 e. The lowest BCUT2D eigenvalue weighted by Gasteiger charge is -2.29. The molecule has 0 aliphatic heterocycles. The van der Waals surface area contributed by atoms with Crippen LogP contribution in [0.3, 0.4) is 0 Å². The van der Waals surface area contributed by atoms with E-state index in [4.69, 9.17) is 16.6 Å². The molecule has 38 heavy (non-hydrogen) atoms. The van der Waals surface area contributed by atoms with E-state index in [-0.39, 0.29) is 11.9 Å². The zero-order valence-corrected chi connectivity index (χ0v) is 23.1. The largest absolute Gasteiger partial charge is 0.363 e. The number of amides is 1. The van der Waals surface area contributed by atoms with Gasteiger partial charge in [-0.1, -0.05) is 54.1 Å². The molecular weight excluding hydrogens is 516 g/mol. The molecular formula is C29H31ClN6OS. The van der Waals surface area contributed by atoms with Crippen LogP contribution in [0.1, 0.15) is 30.6 Å². The van der Waals surface area contributed by atoms with Crippen molar-refractivity contribution in [3.8, 4) is 21.8 Å². The van der Waals surface area contributed by atoms with Gasteiger partial charge < -0.3 is 15.5 Å². The minimum Gasteiger partial charge on any atom is -0.363 e. The summed E-state index contributed by atoms with van der Waals surface area (Å²) in [7, 11) is 3.93. The minimum atomic E-state index is 0.0295. The van der Waals surface area contributed by atoms with E-state index in [1.807, 2.05) is 79.7 Å². The summed E-state index contributed by atoms with van der Waals surface area (Å²) in [5.41, 5.74) is 2.85. The molecule has 0 radical (unpaired) electrons. The van der Waals surface area contributed by atoms with Crippen molar-refractivity contribution in [1.29, 1.82) is 0 Å². The molecule has 1 aliphatic carbocycles. The first kappa shape index (κ1) is 26.1. The molecule has 1 aliphatic rings. The Kier molecular flexibility index (Phi) is 8.20. The van der Waals surface area contributed by atoms with Gasteiger partial charge in [0.05, 0.1) is 12.1 Å². The van der Waals surface area contributed by atoms with Crippen LogP contribution in [0.5, 0.6) is 0 Å². The van der Waals surface area contributed by atoms with E-state index in [0.717, 1.165) is 58.2 Å². The first-order chi connectivity index (χ1) is 18.4. The number of hydrogen-bond donors (Lipinski definition) is 2. The predicted molar refractivity (Wildman–Crippen MR) is 156 cm³/mol. The number of hydrogen-bond acceptors (Lipinski definition) is 7. The van der Waals surface area contributed by atoms with E-state index in [9.17, 15) is 4.79 Å². The third-order valence-corrected chi connectivity index (χ3v) is 8.04. The molecule has 0 spiro atoms. The third kappa shape index (κ3) is 6.49. The highest BCUT2D eigenvalue weighted by molar-refractivity contribution is 7.15. The lowest BCUT2D eigenvalue weighted by Crippen LogP contribution is -2.40. The molecule has 2 aromatic carbocycles. The summed E-state index contributed by atoms with van der Waals surface area (Å²) in [6, 6.07) is 20.1. The van der Waals surface area contributed by atoms with Crippen LogP contribution in [0.2, 0.25) is 5.02 Å². The van der Waals surface area contributed by atoms with Gasteiger partial charge in [0, 0.05) is 53.4 Å². The Hall–Kier alpha value is -3.49. The Bertz CT molecular complexity index is 1370. The Morgan fingerprint density at radius 2 is 1.66 bits per heavy atom. The number of anilines is 2. The second-order valence-electron chi connectivity index (χ2n) is 9.73.